The Morgan fingerprint density at radius 2 is 1.66 bits per heavy atom. The first kappa shape index (κ1) is 26.1. The van der Waals surface area contributed by atoms with Crippen LogP contribution in [-0.2, 0) is 10.0 Å². The van der Waals surface area contributed by atoms with E-state index in [1.54, 1.807) is 23.6 Å². The fraction of sp³-hybridized carbons (Fsp3) is 0.345. The highest BCUT2D eigenvalue weighted by Gasteiger charge is 2.30. The summed E-state index contributed by atoms with van der Waals surface area (Å²) in [6.45, 7) is 10.9. The van der Waals surface area contributed by atoms with E-state index >= 15 is 0 Å². The van der Waals surface area contributed by atoms with Crippen molar-refractivity contribution >= 4 is 27.3 Å². The molecule has 3 heterocycles. The molecule has 1 amide bonds. The van der Waals surface area contributed by atoms with Crippen molar-refractivity contribution in [2.75, 3.05) is 18.4 Å². The number of amides is 1. The molecule has 1 N–H and O–H groups in total. The van der Waals surface area contributed by atoms with E-state index < -0.39 is 10.0 Å². The van der Waals surface area contributed by atoms with Crippen LogP contribution in [0.25, 0.3) is 16.8 Å². The third kappa shape index (κ3) is 4.72. The summed E-state index contributed by atoms with van der Waals surface area (Å²) in [5, 5.41) is 7.61. The van der Waals surface area contributed by atoms with Gasteiger partial charge in [0.25, 0.3) is 5.91 Å². The quantitative estimate of drug-likeness (QED) is 0.355. The number of rotatable bonds is 6. The van der Waals surface area contributed by atoms with Crippen molar-refractivity contribution in [3.8, 4) is 11.1 Å². The van der Waals surface area contributed by atoms with Crippen molar-refractivity contribution in [1.29, 1.82) is 0 Å². The summed E-state index contributed by atoms with van der Waals surface area (Å²) in [6.07, 6.45) is 1.72. The van der Waals surface area contributed by atoms with Gasteiger partial charge in [-0.1, -0.05) is 38.1 Å². The summed E-state index contributed by atoms with van der Waals surface area (Å²) in [5.74, 6) is -0.000899. The van der Waals surface area contributed by atoms with Crippen LogP contribution in [0, 0.1) is 20.8 Å². The number of fused-ring (bicyclic) bond motifs is 1. The van der Waals surface area contributed by atoms with Gasteiger partial charge in [-0.3, -0.25) is 4.79 Å². The summed E-state index contributed by atoms with van der Waals surface area (Å²) in [7, 11) is -3.66. The number of carbonyl (C=O) groups excluding carboxylic acids is 1. The smallest absolute Gasteiger partial charge is 0.276 e. The van der Waals surface area contributed by atoms with Crippen LogP contribution in [-0.4, -0.2) is 46.3 Å². The van der Waals surface area contributed by atoms with Gasteiger partial charge in [-0.2, -0.15) is 9.40 Å². The number of carbonyl (C=O) groups is 1. The minimum Gasteiger partial charge on any atom is -0.321 e. The number of anilines is 1. The molecule has 0 spiro atoms. The lowest BCUT2D eigenvalue weighted by Crippen LogP contribution is -2.28. The van der Waals surface area contributed by atoms with Crippen molar-refractivity contribution < 1.29 is 13.2 Å². The third-order valence-corrected chi connectivity index (χ3v) is 9.15. The molecule has 1 aliphatic rings. The Bertz CT molecular complexity index is 1630. The summed E-state index contributed by atoms with van der Waals surface area (Å²) in [4.78, 5) is 18.6. The van der Waals surface area contributed by atoms with Gasteiger partial charge in [-0.15, -0.1) is 0 Å². The summed E-state index contributed by atoms with van der Waals surface area (Å²) in [6, 6.07) is 14.9. The molecule has 38 heavy (non-hydrogen) atoms. The topological polar surface area (TPSA) is 96.7 Å². The number of nitrogens with one attached hydrogen (secondary N) is 1. The minimum absolute atomic E-state index is 0.188. The van der Waals surface area contributed by atoms with Gasteiger partial charge in [0.2, 0.25) is 10.0 Å². The number of sulfonamides is 1. The van der Waals surface area contributed by atoms with Gasteiger partial charge in [0.05, 0.1) is 10.5 Å². The van der Waals surface area contributed by atoms with Crippen LogP contribution in [0.4, 0.5) is 5.69 Å². The number of aromatic nitrogens is 3. The molecule has 0 atom stereocenters. The Morgan fingerprint density at radius 1 is 0.974 bits per heavy atom. The molecule has 2 aromatic heterocycles. The van der Waals surface area contributed by atoms with Gasteiger partial charge in [0.15, 0.2) is 11.3 Å². The Kier molecular flexibility index (Phi) is 6.83. The first-order chi connectivity index (χ1) is 18.1. The Hall–Kier alpha value is -3.56. The first-order valence-corrected chi connectivity index (χ1v) is 14.4. The average molecular weight is 532 g/mol. The summed E-state index contributed by atoms with van der Waals surface area (Å²) in [5.41, 5.74) is 5.89. The summed E-state index contributed by atoms with van der Waals surface area (Å²) < 4.78 is 30.2. The molecular weight excluding hydrogens is 498 g/mol. The van der Waals surface area contributed by atoms with Crippen LogP contribution in [0.15, 0.2) is 53.4 Å². The van der Waals surface area contributed by atoms with Crippen LogP contribution in [0.1, 0.15) is 65.6 Å². The van der Waals surface area contributed by atoms with E-state index in [0.29, 0.717) is 47.0 Å². The molecule has 198 valence electrons. The van der Waals surface area contributed by atoms with Gasteiger partial charge in [0, 0.05) is 30.2 Å². The van der Waals surface area contributed by atoms with Gasteiger partial charge in [-0.25, -0.2) is 17.9 Å². The van der Waals surface area contributed by atoms with E-state index in [9.17, 15) is 13.2 Å². The summed E-state index contributed by atoms with van der Waals surface area (Å²) >= 11 is 0. The maximum Gasteiger partial charge on any atom is 0.276 e. The molecule has 1 aliphatic heterocycles. The Balaban J connectivity index is 1.64. The maximum atomic E-state index is 13.6. The molecule has 4 aromatic rings. The van der Waals surface area contributed by atoms with Crippen LogP contribution in [0.5, 0.6) is 0 Å². The number of hydrogen-bond acceptors (Lipinski definition) is 5. The predicted molar refractivity (Wildman–Crippen MR) is 149 cm³/mol. The van der Waals surface area contributed by atoms with E-state index in [0.717, 1.165) is 24.2 Å². The molecule has 0 bridgehead atoms. The zero-order valence-electron chi connectivity index (χ0n) is 22.4. The second kappa shape index (κ2) is 9.96. The zero-order valence-corrected chi connectivity index (χ0v) is 23.3. The van der Waals surface area contributed by atoms with Gasteiger partial charge in [-0.05, 0) is 80.5 Å². The van der Waals surface area contributed by atoms with Crippen molar-refractivity contribution in [2.24, 2.45) is 0 Å². The molecule has 1 saturated heterocycles. The van der Waals surface area contributed by atoms with Crippen LogP contribution < -0.4 is 5.32 Å². The molecule has 0 radical (unpaired) electrons. The van der Waals surface area contributed by atoms with Crippen molar-refractivity contribution in [3.63, 3.8) is 0 Å². The van der Waals surface area contributed by atoms with Crippen LogP contribution in [0.3, 0.4) is 0 Å². The van der Waals surface area contributed by atoms with E-state index in [1.807, 2.05) is 50.2 Å². The molecular formula is C29H33N5O3S. The van der Waals surface area contributed by atoms with E-state index in [-0.39, 0.29) is 16.5 Å². The lowest BCUT2D eigenvalue weighted by molar-refractivity contribution is 0.102. The monoisotopic (exact) mass is 531 g/mol. The molecule has 9 heteroatoms. The van der Waals surface area contributed by atoms with Crippen molar-refractivity contribution in [3.05, 3.63) is 76.7 Å². The van der Waals surface area contributed by atoms with E-state index in [2.05, 4.69) is 24.3 Å². The lowest BCUT2D eigenvalue weighted by Gasteiger charge is -2.18. The molecule has 5 rings (SSSR count). The molecule has 1 fully saturated rings. The predicted octanol–water partition coefficient (Wildman–Crippen LogP) is 5.48. The lowest BCUT2D eigenvalue weighted by atomic mass is 10.0. The van der Waals surface area contributed by atoms with Crippen LogP contribution in [0.2, 0.25) is 0 Å². The van der Waals surface area contributed by atoms with Gasteiger partial charge >= 0.3 is 0 Å². The number of benzene rings is 2. The third-order valence-electron chi connectivity index (χ3n) is 7.11. The zero-order chi connectivity index (χ0) is 27.2. The Morgan fingerprint density at radius 3 is 2.32 bits per heavy atom. The molecule has 0 saturated carbocycles. The normalized spacial score (nSPS) is 14.5. The number of aryl methyl sites for hydroxylation is 3. The van der Waals surface area contributed by atoms with E-state index in [1.165, 1.54) is 9.87 Å². The average Bonchev–Trinajstić information content (AvgIpc) is 3.54. The van der Waals surface area contributed by atoms with Gasteiger partial charge < -0.3 is 5.32 Å². The first-order valence-electron chi connectivity index (χ1n) is 13.0. The Labute approximate surface area is 223 Å². The second-order valence-electron chi connectivity index (χ2n) is 10.3. The molecule has 2 aromatic carbocycles. The standard InChI is InChI=1S/C29H33N5O3S/c1-18(2)22-10-12-24(13-11-22)31-29(35)27-26(28-30-20(4)16-21(5)34(28)32-27)23-9-8-19(3)25(17-23)38(36,37)33-14-6-7-15-33/h8-13,16-18H,6-7,14-15H2,1-5H3,(H,31,35). The van der Waals surface area contributed by atoms with Crippen LogP contribution >= 0.6 is 0 Å². The highest BCUT2D eigenvalue weighted by Crippen LogP contribution is 2.33. The maximum absolute atomic E-state index is 13.6. The largest absolute Gasteiger partial charge is 0.321 e. The molecule has 0 aliphatic carbocycles. The van der Waals surface area contributed by atoms with Gasteiger partial charge in [0.1, 0.15) is 0 Å². The molecule has 8 nitrogen and oxygen atoms in total. The number of nitrogens with zero attached hydrogens (tertiary/aromatic N) is 4. The van der Waals surface area contributed by atoms with Crippen molar-refractivity contribution in [2.45, 2.75) is 58.3 Å². The fourth-order valence-electron chi connectivity index (χ4n) is 4.99. The fourth-order valence-corrected chi connectivity index (χ4v) is 6.76. The minimum atomic E-state index is -3.66. The SMILES string of the molecule is Cc1cc(C)n2nc(C(=O)Nc3ccc(C(C)C)cc3)c(-c3ccc(C)c(S(=O)(=O)N4CCCC4)c3)c2n1. The highest BCUT2D eigenvalue weighted by atomic mass is 32.2. The number of hydrogen-bond donors (Lipinski definition) is 1. The highest BCUT2D eigenvalue weighted by molar-refractivity contribution is 7.89. The second-order valence-corrected chi connectivity index (χ2v) is 12.2. The van der Waals surface area contributed by atoms with E-state index in [4.69, 9.17) is 4.98 Å². The molecule has 0 unspecified atom stereocenters. The van der Waals surface area contributed by atoms with Crippen molar-refractivity contribution in [1.82, 2.24) is 18.9 Å².